The molecule has 0 amide bonds. The lowest BCUT2D eigenvalue weighted by Gasteiger charge is -2.29. The van der Waals surface area contributed by atoms with Gasteiger partial charge < -0.3 is 10.4 Å². The molecule has 0 aliphatic rings. The smallest absolute Gasteiger partial charge is 0.0940 e. The van der Waals surface area contributed by atoms with E-state index < -0.39 is 6.10 Å². The molecule has 0 radical (unpaired) electrons. The molecule has 1 rings (SSSR count). The van der Waals surface area contributed by atoms with Gasteiger partial charge in [0.15, 0.2) is 0 Å². The topological polar surface area (TPSA) is 32.3 Å². The van der Waals surface area contributed by atoms with Gasteiger partial charge in [-0.2, -0.15) is 0 Å². The van der Waals surface area contributed by atoms with Crippen molar-refractivity contribution in [3.8, 4) is 0 Å². The van der Waals surface area contributed by atoms with Crippen molar-refractivity contribution in [1.29, 1.82) is 0 Å². The monoisotopic (exact) mass is 277 g/mol. The van der Waals surface area contributed by atoms with Crippen LogP contribution in [0.2, 0.25) is 5.02 Å². The van der Waals surface area contributed by atoms with Gasteiger partial charge in [0.1, 0.15) is 0 Å². The van der Waals surface area contributed by atoms with Gasteiger partial charge in [0.05, 0.1) is 6.10 Å². The molecule has 4 heteroatoms. The molecule has 0 spiro atoms. The zero-order chi connectivity index (χ0) is 12.3. The van der Waals surface area contributed by atoms with Crippen LogP contribution in [-0.2, 0) is 0 Å². The van der Waals surface area contributed by atoms with Crippen LogP contribution >= 0.6 is 24.0 Å². The summed E-state index contributed by atoms with van der Waals surface area (Å²) in [6.07, 6.45) is -0.544. The van der Waals surface area contributed by atoms with Crippen molar-refractivity contribution in [2.24, 2.45) is 0 Å². The van der Waals surface area contributed by atoms with E-state index in [0.29, 0.717) is 5.02 Å². The first-order valence-corrected chi connectivity index (χ1v) is 5.88. The Morgan fingerprint density at radius 2 is 1.88 bits per heavy atom. The van der Waals surface area contributed by atoms with Gasteiger partial charge in [-0.15, -0.1) is 12.4 Å². The molecule has 2 N–H and O–H groups in total. The van der Waals surface area contributed by atoms with Crippen LogP contribution in [0.15, 0.2) is 24.3 Å². The Balaban J connectivity index is 0.00000256. The average molecular weight is 278 g/mol. The van der Waals surface area contributed by atoms with Gasteiger partial charge >= 0.3 is 0 Å². The van der Waals surface area contributed by atoms with Gasteiger partial charge in [-0.1, -0.05) is 23.7 Å². The lowest BCUT2D eigenvalue weighted by atomic mass is 10.00. The second-order valence-electron chi connectivity index (χ2n) is 5.18. The summed E-state index contributed by atoms with van der Waals surface area (Å²) in [7, 11) is 0. The highest BCUT2D eigenvalue weighted by Crippen LogP contribution is 2.21. The van der Waals surface area contributed by atoms with E-state index in [1.165, 1.54) is 0 Å². The fourth-order valence-electron chi connectivity index (χ4n) is 1.74. The van der Waals surface area contributed by atoms with Gasteiger partial charge in [-0.05, 0) is 45.4 Å². The Morgan fingerprint density at radius 3 is 2.35 bits per heavy atom. The molecule has 0 aliphatic heterocycles. The minimum atomic E-state index is -0.544. The van der Waals surface area contributed by atoms with Gasteiger partial charge in [0, 0.05) is 16.6 Å². The molecule has 0 saturated carbocycles. The molecule has 17 heavy (non-hydrogen) atoms. The van der Waals surface area contributed by atoms with Crippen LogP contribution in [0, 0.1) is 0 Å². The summed E-state index contributed by atoms with van der Waals surface area (Å²) in [6.45, 7) is 8.20. The number of rotatable bonds is 3. The summed E-state index contributed by atoms with van der Waals surface area (Å²) in [4.78, 5) is 0. The lowest BCUT2D eigenvalue weighted by molar-refractivity contribution is 0.121. The van der Waals surface area contributed by atoms with Crippen LogP contribution in [0.1, 0.15) is 39.4 Å². The summed E-state index contributed by atoms with van der Waals surface area (Å²) in [5.74, 6) is 0. The third kappa shape index (κ3) is 5.73. The minimum Gasteiger partial charge on any atom is -0.387 e. The largest absolute Gasteiger partial charge is 0.387 e. The quantitative estimate of drug-likeness (QED) is 0.885. The second kappa shape index (κ2) is 6.60. The van der Waals surface area contributed by atoms with Gasteiger partial charge in [-0.3, -0.25) is 0 Å². The van der Waals surface area contributed by atoms with E-state index in [9.17, 15) is 5.11 Å². The third-order valence-electron chi connectivity index (χ3n) is 2.32. The molecule has 98 valence electrons. The number of hydrogen-bond acceptors (Lipinski definition) is 2. The zero-order valence-corrected chi connectivity index (χ0v) is 12.3. The van der Waals surface area contributed by atoms with E-state index in [1.807, 2.05) is 19.1 Å². The van der Waals surface area contributed by atoms with E-state index >= 15 is 0 Å². The molecule has 0 fully saturated rings. The van der Waals surface area contributed by atoms with E-state index in [-0.39, 0.29) is 24.0 Å². The SMILES string of the molecule is CC(NC(C)(C)C)C(O)c1cccc(Cl)c1.Cl. The predicted molar refractivity (Wildman–Crippen MR) is 76.0 cm³/mol. The first-order chi connectivity index (χ1) is 7.29. The van der Waals surface area contributed by atoms with Gasteiger partial charge in [0.2, 0.25) is 0 Å². The number of aliphatic hydroxyl groups is 1. The van der Waals surface area contributed by atoms with Crippen molar-refractivity contribution in [1.82, 2.24) is 5.32 Å². The normalized spacial score (nSPS) is 14.9. The number of aliphatic hydroxyl groups excluding tert-OH is 1. The third-order valence-corrected chi connectivity index (χ3v) is 2.56. The number of benzene rings is 1. The van der Waals surface area contributed by atoms with Crippen LogP contribution in [0.4, 0.5) is 0 Å². The summed E-state index contributed by atoms with van der Waals surface area (Å²) in [5.41, 5.74) is 0.829. The summed E-state index contributed by atoms with van der Waals surface area (Å²) < 4.78 is 0. The van der Waals surface area contributed by atoms with E-state index in [0.717, 1.165) is 5.56 Å². The average Bonchev–Trinajstić information content (AvgIpc) is 2.14. The first-order valence-electron chi connectivity index (χ1n) is 5.51. The molecule has 2 atom stereocenters. The van der Waals surface area contributed by atoms with Crippen molar-refractivity contribution in [3.63, 3.8) is 0 Å². The number of hydrogen-bond donors (Lipinski definition) is 2. The molecule has 1 aromatic carbocycles. The van der Waals surface area contributed by atoms with Crippen molar-refractivity contribution < 1.29 is 5.11 Å². The molecule has 0 heterocycles. The van der Waals surface area contributed by atoms with Crippen LogP contribution < -0.4 is 5.32 Å². The van der Waals surface area contributed by atoms with Crippen LogP contribution in [-0.4, -0.2) is 16.7 Å². The molecule has 0 bridgehead atoms. The Morgan fingerprint density at radius 1 is 1.29 bits per heavy atom. The molecule has 0 aromatic heterocycles. The maximum atomic E-state index is 10.2. The van der Waals surface area contributed by atoms with E-state index in [1.54, 1.807) is 12.1 Å². The first kappa shape index (κ1) is 16.7. The molecule has 2 unspecified atom stereocenters. The van der Waals surface area contributed by atoms with Crippen LogP contribution in [0.3, 0.4) is 0 Å². The Kier molecular flexibility index (Phi) is 6.49. The minimum absolute atomic E-state index is 0. The fourth-order valence-corrected chi connectivity index (χ4v) is 1.94. The van der Waals surface area contributed by atoms with Gasteiger partial charge in [-0.25, -0.2) is 0 Å². The molecular formula is C13H21Cl2NO. The Hall–Kier alpha value is -0.280. The maximum Gasteiger partial charge on any atom is 0.0940 e. The Labute approximate surface area is 115 Å². The second-order valence-corrected chi connectivity index (χ2v) is 5.62. The van der Waals surface area contributed by atoms with Crippen LogP contribution in [0.25, 0.3) is 0 Å². The van der Waals surface area contributed by atoms with Crippen molar-refractivity contribution in [2.45, 2.75) is 45.4 Å². The molecule has 2 nitrogen and oxygen atoms in total. The lowest BCUT2D eigenvalue weighted by Crippen LogP contribution is -2.44. The van der Waals surface area contributed by atoms with Crippen LogP contribution in [0.5, 0.6) is 0 Å². The summed E-state index contributed by atoms with van der Waals surface area (Å²) in [6, 6.07) is 7.33. The van der Waals surface area contributed by atoms with Crippen molar-refractivity contribution >= 4 is 24.0 Å². The van der Waals surface area contributed by atoms with Gasteiger partial charge in [0.25, 0.3) is 0 Å². The zero-order valence-electron chi connectivity index (χ0n) is 10.7. The molecule has 1 aromatic rings. The highest BCUT2D eigenvalue weighted by molar-refractivity contribution is 6.30. The number of nitrogens with one attached hydrogen (secondary N) is 1. The highest BCUT2D eigenvalue weighted by atomic mass is 35.5. The predicted octanol–water partition coefficient (Wildman–Crippen LogP) is 3.57. The van der Waals surface area contributed by atoms with E-state index in [4.69, 9.17) is 11.6 Å². The molecule has 0 saturated heterocycles. The summed E-state index contributed by atoms with van der Waals surface area (Å²) in [5, 5.41) is 14.2. The standard InChI is InChI=1S/C13H20ClNO.ClH/c1-9(15-13(2,3)4)12(16)10-6-5-7-11(14)8-10;/h5-9,12,15-16H,1-4H3;1H. The van der Waals surface area contributed by atoms with Crippen molar-refractivity contribution in [2.75, 3.05) is 0 Å². The molecule has 0 aliphatic carbocycles. The Bertz CT molecular complexity index is 350. The molecular weight excluding hydrogens is 257 g/mol. The summed E-state index contributed by atoms with van der Waals surface area (Å²) >= 11 is 5.90. The van der Waals surface area contributed by atoms with Crippen molar-refractivity contribution in [3.05, 3.63) is 34.9 Å². The maximum absolute atomic E-state index is 10.2. The number of halogens is 2. The highest BCUT2D eigenvalue weighted by Gasteiger charge is 2.21. The fraction of sp³-hybridized carbons (Fsp3) is 0.538. The van der Waals surface area contributed by atoms with E-state index in [2.05, 4.69) is 26.1 Å².